The van der Waals surface area contributed by atoms with E-state index in [9.17, 15) is 0 Å². The number of ether oxygens (including phenoxy) is 1. The van der Waals surface area contributed by atoms with Crippen LogP contribution in [-0.4, -0.2) is 18.7 Å². The molecule has 1 aliphatic rings. The van der Waals surface area contributed by atoms with Crippen LogP contribution in [0.15, 0.2) is 60.7 Å². The van der Waals surface area contributed by atoms with Gasteiger partial charge in [0.15, 0.2) is 0 Å². The van der Waals surface area contributed by atoms with E-state index in [1.54, 1.807) is 0 Å². The third kappa shape index (κ3) is 3.58. The molecular weight excluding hydrogens is 270 g/mol. The highest BCUT2D eigenvalue weighted by atomic mass is 16.5. The summed E-state index contributed by atoms with van der Waals surface area (Å²) in [6.45, 7) is 6.06. The SMILES string of the molecule is CC1(C)C=C(CNCCc2ccccc2)c2ccccc2O1. The van der Waals surface area contributed by atoms with Crippen LogP contribution in [0.4, 0.5) is 0 Å². The molecule has 1 heterocycles. The maximum absolute atomic E-state index is 6.02. The molecule has 2 heteroatoms. The van der Waals surface area contributed by atoms with Crippen molar-refractivity contribution in [3.8, 4) is 5.75 Å². The summed E-state index contributed by atoms with van der Waals surface area (Å²) in [5, 5.41) is 3.56. The molecule has 1 aliphatic heterocycles. The molecule has 0 saturated carbocycles. The number of rotatable bonds is 5. The Balaban J connectivity index is 1.62. The summed E-state index contributed by atoms with van der Waals surface area (Å²) in [5.41, 5.74) is 3.65. The zero-order valence-electron chi connectivity index (χ0n) is 13.3. The molecule has 0 radical (unpaired) electrons. The van der Waals surface area contributed by atoms with Crippen molar-refractivity contribution < 1.29 is 4.74 Å². The Hall–Kier alpha value is -2.06. The van der Waals surface area contributed by atoms with Gasteiger partial charge in [0.2, 0.25) is 0 Å². The van der Waals surface area contributed by atoms with Crippen LogP contribution in [0.2, 0.25) is 0 Å². The number of hydrogen-bond donors (Lipinski definition) is 1. The maximum atomic E-state index is 6.02. The number of benzene rings is 2. The Morgan fingerprint density at radius 2 is 1.68 bits per heavy atom. The van der Waals surface area contributed by atoms with Gasteiger partial charge in [-0.1, -0.05) is 48.5 Å². The Bertz CT molecular complexity index is 658. The molecule has 2 aromatic carbocycles. The number of hydrogen-bond acceptors (Lipinski definition) is 2. The molecule has 114 valence electrons. The average molecular weight is 293 g/mol. The molecular formula is C20H23NO. The van der Waals surface area contributed by atoms with Crippen molar-refractivity contribution in [1.82, 2.24) is 5.32 Å². The summed E-state index contributed by atoms with van der Waals surface area (Å²) in [6, 6.07) is 18.9. The Morgan fingerprint density at radius 1 is 0.955 bits per heavy atom. The van der Waals surface area contributed by atoms with Gasteiger partial charge in [0.1, 0.15) is 11.4 Å². The Labute approximate surface area is 132 Å². The fraction of sp³-hybridized carbons (Fsp3) is 0.300. The number of fused-ring (bicyclic) bond motifs is 1. The molecule has 3 rings (SSSR count). The number of nitrogens with one attached hydrogen (secondary N) is 1. The molecule has 2 nitrogen and oxygen atoms in total. The number of para-hydroxylation sites is 1. The second kappa shape index (κ2) is 6.37. The molecule has 0 aromatic heterocycles. The minimum absolute atomic E-state index is 0.245. The molecule has 0 unspecified atom stereocenters. The van der Waals surface area contributed by atoms with Crippen molar-refractivity contribution in [2.45, 2.75) is 25.9 Å². The molecule has 0 amide bonds. The van der Waals surface area contributed by atoms with Crippen LogP contribution in [0.25, 0.3) is 5.57 Å². The van der Waals surface area contributed by atoms with Gasteiger partial charge in [-0.2, -0.15) is 0 Å². The molecule has 0 fully saturated rings. The van der Waals surface area contributed by atoms with Gasteiger partial charge < -0.3 is 10.1 Å². The van der Waals surface area contributed by atoms with E-state index < -0.39 is 0 Å². The van der Waals surface area contributed by atoms with Crippen LogP contribution in [0.5, 0.6) is 5.75 Å². The summed E-state index contributed by atoms with van der Waals surface area (Å²) in [5.74, 6) is 0.981. The minimum Gasteiger partial charge on any atom is -0.483 e. The third-order valence-corrected chi connectivity index (χ3v) is 3.88. The first-order chi connectivity index (χ1) is 10.6. The summed E-state index contributed by atoms with van der Waals surface area (Å²) in [6.07, 6.45) is 3.28. The first kappa shape index (κ1) is 14.9. The molecule has 2 aromatic rings. The van der Waals surface area contributed by atoms with E-state index in [-0.39, 0.29) is 5.60 Å². The fourth-order valence-electron chi connectivity index (χ4n) is 2.88. The molecule has 0 atom stereocenters. The van der Waals surface area contributed by atoms with Crippen molar-refractivity contribution in [3.05, 3.63) is 71.8 Å². The van der Waals surface area contributed by atoms with Crippen LogP contribution in [0, 0.1) is 0 Å². The first-order valence-electron chi connectivity index (χ1n) is 7.89. The molecule has 0 spiro atoms. The van der Waals surface area contributed by atoms with Crippen LogP contribution < -0.4 is 10.1 Å². The van der Waals surface area contributed by atoms with E-state index in [4.69, 9.17) is 4.74 Å². The van der Waals surface area contributed by atoms with Gasteiger partial charge in [-0.3, -0.25) is 0 Å². The zero-order chi connectivity index (χ0) is 15.4. The molecule has 1 N–H and O–H groups in total. The fourth-order valence-corrected chi connectivity index (χ4v) is 2.88. The van der Waals surface area contributed by atoms with E-state index in [0.717, 1.165) is 25.3 Å². The van der Waals surface area contributed by atoms with Gasteiger partial charge in [-0.05, 0) is 50.1 Å². The van der Waals surface area contributed by atoms with Crippen LogP contribution >= 0.6 is 0 Å². The van der Waals surface area contributed by atoms with Gasteiger partial charge in [-0.25, -0.2) is 0 Å². The normalized spacial score (nSPS) is 15.6. The Kier molecular flexibility index (Phi) is 4.30. The minimum atomic E-state index is -0.245. The van der Waals surface area contributed by atoms with Crippen molar-refractivity contribution in [2.24, 2.45) is 0 Å². The van der Waals surface area contributed by atoms with E-state index in [2.05, 4.69) is 67.7 Å². The maximum Gasteiger partial charge on any atom is 0.128 e. The van der Waals surface area contributed by atoms with Crippen molar-refractivity contribution >= 4 is 5.57 Å². The highest BCUT2D eigenvalue weighted by molar-refractivity contribution is 5.74. The summed E-state index contributed by atoms with van der Waals surface area (Å²) >= 11 is 0. The van der Waals surface area contributed by atoms with E-state index in [0.29, 0.717) is 0 Å². The van der Waals surface area contributed by atoms with Gasteiger partial charge >= 0.3 is 0 Å². The van der Waals surface area contributed by atoms with Crippen molar-refractivity contribution in [1.29, 1.82) is 0 Å². The van der Waals surface area contributed by atoms with Crippen LogP contribution in [-0.2, 0) is 6.42 Å². The molecule has 0 bridgehead atoms. The second-order valence-electron chi connectivity index (χ2n) is 6.28. The van der Waals surface area contributed by atoms with Crippen LogP contribution in [0.3, 0.4) is 0 Å². The average Bonchev–Trinajstić information content (AvgIpc) is 2.51. The highest BCUT2D eigenvalue weighted by Gasteiger charge is 2.25. The van der Waals surface area contributed by atoms with E-state index in [1.807, 2.05) is 12.1 Å². The lowest BCUT2D eigenvalue weighted by Gasteiger charge is -2.31. The van der Waals surface area contributed by atoms with Gasteiger partial charge in [0.25, 0.3) is 0 Å². The van der Waals surface area contributed by atoms with Crippen LogP contribution in [0.1, 0.15) is 25.0 Å². The summed E-state index contributed by atoms with van der Waals surface area (Å²) in [7, 11) is 0. The topological polar surface area (TPSA) is 21.3 Å². The lowest BCUT2D eigenvalue weighted by atomic mass is 9.94. The predicted octanol–water partition coefficient (Wildman–Crippen LogP) is 4.07. The smallest absolute Gasteiger partial charge is 0.128 e. The highest BCUT2D eigenvalue weighted by Crippen LogP contribution is 2.35. The molecule has 0 saturated heterocycles. The monoisotopic (exact) mass is 293 g/mol. The van der Waals surface area contributed by atoms with Gasteiger partial charge in [-0.15, -0.1) is 0 Å². The largest absolute Gasteiger partial charge is 0.483 e. The van der Waals surface area contributed by atoms with Crippen molar-refractivity contribution in [3.63, 3.8) is 0 Å². The predicted molar refractivity (Wildman–Crippen MR) is 92.1 cm³/mol. The standard InChI is InChI=1S/C20H23NO/c1-20(2)14-17(18-10-6-7-11-19(18)22-20)15-21-13-12-16-8-4-3-5-9-16/h3-11,14,21H,12-13,15H2,1-2H3. The molecule has 22 heavy (non-hydrogen) atoms. The van der Waals surface area contributed by atoms with Gasteiger partial charge in [0, 0.05) is 12.1 Å². The quantitative estimate of drug-likeness (QED) is 0.839. The first-order valence-corrected chi connectivity index (χ1v) is 7.89. The summed E-state index contributed by atoms with van der Waals surface area (Å²) < 4.78 is 6.02. The summed E-state index contributed by atoms with van der Waals surface area (Å²) in [4.78, 5) is 0. The van der Waals surface area contributed by atoms with E-state index in [1.165, 1.54) is 16.7 Å². The lowest BCUT2D eigenvalue weighted by Crippen LogP contribution is -2.31. The molecule has 0 aliphatic carbocycles. The van der Waals surface area contributed by atoms with E-state index >= 15 is 0 Å². The van der Waals surface area contributed by atoms with Gasteiger partial charge in [0.05, 0.1) is 0 Å². The van der Waals surface area contributed by atoms with Crippen molar-refractivity contribution in [2.75, 3.05) is 13.1 Å². The zero-order valence-corrected chi connectivity index (χ0v) is 13.3. The lowest BCUT2D eigenvalue weighted by molar-refractivity contribution is 0.158. The third-order valence-electron chi connectivity index (χ3n) is 3.88. The second-order valence-corrected chi connectivity index (χ2v) is 6.28. The Morgan fingerprint density at radius 3 is 2.50 bits per heavy atom.